The normalized spacial score (nSPS) is 11.3. The first-order chi connectivity index (χ1) is 5.97. The van der Waals surface area contributed by atoms with E-state index in [0.717, 1.165) is 0 Å². The summed E-state index contributed by atoms with van der Waals surface area (Å²) < 4.78 is 0. The molecule has 0 aliphatic heterocycles. The van der Waals surface area contributed by atoms with Gasteiger partial charge in [-0.3, -0.25) is 0 Å². The van der Waals surface area contributed by atoms with Gasteiger partial charge in [-0.15, -0.1) is 0 Å². The third-order valence-corrected chi connectivity index (χ3v) is 2.34. The summed E-state index contributed by atoms with van der Waals surface area (Å²) in [4.78, 5) is 0. The highest BCUT2D eigenvalue weighted by Crippen LogP contribution is 2.45. The Hall–Kier alpha value is -1.56. The summed E-state index contributed by atoms with van der Waals surface area (Å²) in [5, 5.41) is 0. The molecule has 0 spiro atoms. The molecule has 1 aliphatic rings. The van der Waals surface area contributed by atoms with Crippen molar-refractivity contribution in [2.45, 2.75) is 0 Å². The van der Waals surface area contributed by atoms with Crippen molar-refractivity contribution in [3.63, 3.8) is 0 Å². The number of benzene rings is 2. The van der Waals surface area contributed by atoms with Crippen molar-refractivity contribution in [1.82, 2.24) is 0 Å². The van der Waals surface area contributed by atoms with Crippen molar-refractivity contribution < 1.29 is 0 Å². The van der Waals surface area contributed by atoms with Crippen molar-refractivity contribution in [2.24, 2.45) is 0 Å². The van der Waals surface area contributed by atoms with Crippen molar-refractivity contribution in [1.29, 1.82) is 0 Å². The first-order valence-corrected chi connectivity index (χ1v) is 4.07. The molecule has 0 saturated heterocycles. The van der Waals surface area contributed by atoms with Crippen molar-refractivity contribution in [3.8, 4) is 22.3 Å². The molecule has 0 N–H and O–H groups in total. The van der Waals surface area contributed by atoms with Crippen molar-refractivity contribution in [3.05, 3.63) is 48.5 Å². The molecule has 2 aromatic carbocycles. The van der Waals surface area contributed by atoms with Crippen LogP contribution in [0.25, 0.3) is 22.3 Å². The van der Waals surface area contributed by atoms with Gasteiger partial charge in [0.05, 0.1) is 0 Å². The van der Waals surface area contributed by atoms with Gasteiger partial charge < -0.3 is 0 Å². The van der Waals surface area contributed by atoms with E-state index in [9.17, 15) is 0 Å². The van der Waals surface area contributed by atoms with Crippen LogP contribution in [0.15, 0.2) is 42.5 Å². The highest BCUT2D eigenvalue weighted by molar-refractivity contribution is 6.01. The van der Waals surface area contributed by atoms with Gasteiger partial charge in [0, 0.05) is 0 Å². The summed E-state index contributed by atoms with van der Waals surface area (Å²) in [6, 6.07) is 17.8. The molecule has 12 heavy (non-hydrogen) atoms. The van der Waals surface area contributed by atoms with Crippen LogP contribution >= 0.6 is 0 Å². The van der Waals surface area contributed by atoms with Crippen LogP contribution in [0.1, 0.15) is 0 Å². The minimum absolute atomic E-state index is 1.27. The summed E-state index contributed by atoms with van der Waals surface area (Å²) in [5.41, 5.74) is 5.32. The van der Waals surface area contributed by atoms with Gasteiger partial charge in [0.15, 0.2) is 0 Å². The lowest BCUT2D eigenvalue weighted by Gasteiger charge is -2.22. The zero-order valence-electron chi connectivity index (χ0n) is 6.54. The molecule has 2 aromatic rings. The maximum Gasteiger partial charge on any atom is -0.00201 e. The fourth-order valence-corrected chi connectivity index (χ4v) is 1.76. The van der Waals surface area contributed by atoms with Gasteiger partial charge in [-0.05, 0) is 28.3 Å². The number of fused-ring (bicyclic) bond motifs is 4. The van der Waals surface area contributed by atoms with E-state index < -0.39 is 0 Å². The molecule has 1 radical (unpaired) electrons. The zero-order chi connectivity index (χ0) is 7.97. The van der Waals surface area contributed by atoms with Crippen LogP contribution in [0.4, 0.5) is 0 Å². The lowest BCUT2D eigenvalue weighted by Crippen LogP contribution is -1.96. The monoisotopic (exact) mass is 151 g/mol. The molecular formula is C12H7. The molecule has 0 unspecified atom stereocenters. The number of hydrogen-bond donors (Lipinski definition) is 0. The standard InChI is InChI=1S/C12H7/c1-2-6-10-9(5-1)11-7-3-4-8-12(10)11/h1-7H. The first-order valence-electron chi connectivity index (χ1n) is 4.07. The zero-order valence-corrected chi connectivity index (χ0v) is 6.54. The number of rotatable bonds is 0. The smallest absolute Gasteiger partial charge is 0.00201 e. The first kappa shape index (κ1) is 6.01. The highest BCUT2D eigenvalue weighted by atomic mass is 14.2. The largest absolute Gasteiger partial charge is 0.0616 e. The maximum atomic E-state index is 3.24. The summed E-state index contributed by atoms with van der Waals surface area (Å²) in [6.45, 7) is 0. The minimum Gasteiger partial charge on any atom is -0.0616 e. The van der Waals surface area contributed by atoms with Crippen LogP contribution in [0, 0.1) is 6.07 Å². The van der Waals surface area contributed by atoms with Gasteiger partial charge in [-0.25, -0.2) is 0 Å². The second-order valence-corrected chi connectivity index (χ2v) is 3.00. The quantitative estimate of drug-likeness (QED) is 0.463. The highest BCUT2D eigenvalue weighted by Gasteiger charge is 2.19. The van der Waals surface area contributed by atoms with E-state index >= 15 is 0 Å². The van der Waals surface area contributed by atoms with Gasteiger partial charge in [-0.2, -0.15) is 0 Å². The van der Waals surface area contributed by atoms with E-state index in [1.807, 2.05) is 12.1 Å². The topological polar surface area (TPSA) is 0 Å². The van der Waals surface area contributed by atoms with Gasteiger partial charge in [0.2, 0.25) is 0 Å². The Balaban J connectivity index is 2.34. The molecule has 0 heteroatoms. The lowest BCUT2D eigenvalue weighted by atomic mass is 9.81. The molecule has 0 bridgehead atoms. The van der Waals surface area contributed by atoms with Crippen LogP contribution in [-0.4, -0.2) is 0 Å². The summed E-state index contributed by atoms with van der Waals surface area (Å²) in [6.07, 6.45) is 0. The summed E-state index contributed by atoms with van der Waals surface area (Å²) >= 11 is 0. The van der Waals surface area contributed by atoms with Gasteiger partial charge in [0.25, 0.3) is 0 Å². The van der Waals surface area contributed by atoms with Crippen molar-refractivity contribution >= 4 is 0 Å². The molecule has 0 amide bonds. The molecule has 0 fully saturated rings. The van der Waals surface area contributed by atoms with Crippen LogP contribution in [0.5, 0.6) is 0 Å². The van der Waals surface area contributed by atoms with E-state index in [0.29, 0.717) is 0 Å². The molecule has 0 aromatic heterocycles. The molecular weight excluding hydrogens is 144 g/mol. The van der Waals surface area contributed by atoms with E-state index in [1.165, 1.54) is 22.3 Å². The second-order valence-electron chi connectivity index (χ2n) is 3.00. The van der Waals surface area contributed by atoms with Crippen LogP contribution < -0.4 is 0 Å². The number of hydrogen-bond acceptors (Lipinski definition) is 0. The van der Waals surface area contributed by atoms with Crippen LogP contribution in [0.2, 0.25) is 0 Å². The summed E-state index contributed by atoms with van der Waals surface area (Å²) in [5.74, 6) is 0. The Morgan fingerprint density at radius 3 is 2.42 bits per heavy atom. The molecule has 0 atom stereocenters. The molecule has 1 aliphatic carbocycles. The molecule has 0 saturated carbocycles. The summed E-state index contributed by atoms with van der Waals surface area (Å²) in [7, 11) is 0. The fourth-order valence-electron chi connectivity index (χ4n) is 1.76. The molecule has 0 nitrogen and oxygen atoms in total. The Kier molecular flexibility index (Phi) is 0.991. The fraction of sp³-hybridized carbons (Fsp3) is 0. The predicted molar refractivity (Wildman–Crippen MR) is 49.7 cm³/mol. The minimum atomic E-state index is 1.27. The Morgan fingerprint density at radius 2 is 1.50 bits per heavy atom. The maximum absolute atomic E-state index is 3.24. The second kappa shape index (κ2) is 1.98. The van der Waals surface area contributed by atoms with Gasteiger partial charge in [-0.1, -0.05) is 42.5 Å². The average molecular weight is 151 g/mol. The molecule has 3 rings (SSSR count). The Labute approximate surface area is 71.5 Å². The molecule has 55 valence electrons. The SMILES string of the molecule is [c]1cccc2c1-c1ccccc1-2. The third kappa shape index (κ3) is 0.578. The third-order valence-electron chi connectivity index (χ3n) is 2.34. The average Bonchev–Trinajstić information content (AvgIpc) is 2.14. The van der Waals surface area contributed by atoms with E-state index in [-0.39, 0.29) is 0 Å². The Bertz CT molecular complexity index is 341. The van der Waals surface area contributed by atoms with E-state index in [4.69, 9.17) is 0 Å². The Morgan fingerprint density at radius 1 is 0.750 bits per heavy atom. The van der Waals surface area contributed by atoms with E-state index in [1.54, 1.807) is 0 Å². The van der Waals surface area contributed by atoms with Crippen LogP contribution in [0.3, 0.4) is 0 Å². The lowest BCUT2D eigenvalue weighted by molar-refractivity contribution is 1.51. The predicted octanol–water partition coefficient (Wildman–Crippen LogP) is 3.13. The van der Waals surface area contributed by atoms with E-state index in [2.05, 4.69) is 36.4 Å². The van der Waals surface area contributed by atoms with Crippen LogP contribution in [-0.2, 0) is 0 Å². The molecule has 0 heterocycles. The van der Waals surface area contributed by atoms with Gasteiger partial charge >= 0.3 is 0 Å². The van der Waals surface area contributed by atoms with Crippen molar-refractivity contribution in [2.75, 3.05) is 0 Å². The van der Waals surface area contributed by atoms with Gasteiger partial charge in [0.1, 0.15) is 0 Å².